The van der Waals surface area contributed by atoms with Crippen LogP contribution in [0.2, 0.25) is 0 Å². The lowest BCUT2D eigenvalue weighted by molar-refractivity contribution is -0.132. The van der Waals surface area contributed by atoms with Crippen molar-refractivity contribution in [2.24, 2.45) is 5.73 Å². The third-order valence-electron chi connectivity index (χ3n) is 3.16. The summed E-state index contributed by atoms with van der Waals surface area (Å²) in [6.07, 6.45) is 2.74. The molecule has 18 heavy (non-hydrogen) atoms. The minimum atomic E-state index is -0.350. The molecule has 1 fully saturated rings. The highest BCUT2D eigenvalue weighted by atomic mass is 16.5. The van der Waals surface area contributed by atoms with Gasteiger partial charge in [0.25, 0.3) is 0 Å². The SMILES string of the molecule is CCCC(N)C(=O)N1CC[C@H](OCCOCC)C1. The zero-order valence-corrected chi connectivity index (χ0v) is 11.6. The molecule has 2 atom stereocenters. The highest BCUT2D eigenvalue weighted by Gasteiger charge is 2.29. The largest absolute Gasteiger partial charge is 0.379 e. The van der Waals surface area contributed by atoms with Gasteiger partial charge in [0.2, 0.25) is 5.91 Å². The van der Waals surface area contributed by atoms with Crippen molar-refractivity contribution in [1.29, 1.82) is 0 Å². The molecule has 1 aliphatic heterocycles. The zero-order chi connectivity index (χ0) is 13.4. The highest BCUT2D eigenvalue weighted by molar-refractivity contribution is 5.81. The van der Waals surface area contributed by atoms with Crippen LogP contribution >= 0.6 is 0 Å². The summed E-state index contributed by atoms with van der Waals surface area (Å²) in [7, 11) is 0. The minimum Gasteiger partial charge on any atom is -0.379 e. The summed E-state index contributed by atoms with van der Waals surface area (Å²) >= 11 is 0. The maximum absolute atomic E-state index is 12.0. The van der Waals surface area contributed by atoms with E-state index in [1.54, 1.807) is 0 Å². The third-order valence-corrected chi connectivity index (χ3v) is 3.16. The molecule has 0 bridgehead atoms. The number of ether oxygens (including phenoxy) is 2. The number of carbonyl (C=O) groups excluding carboxylic acids is 1. The van der Waals surface area contributed by atoms with Gasteiger partial charge >= 0.3 is 0 Å². The number of rotatable bonds is 8. The molecule has 1 rings (SSSR count). The summed E-state index contributed by atoms with van der Waals surface area (Å²) in [4.78, 5) is 13.8. The quantitative estimate of drug-likeness (QED) is 0.653. The Kier molecular flexibility index (Phi) is 7.23. The molecule has 0 aromatic carbocycles. The van der Waals surface area contributed by atoms with E-state index in [1.165, 1.54) is 0 Å². The highest BCUT2D eigenvalue weighted by Crippen LogP contribution is 2.14. The summed E-state index contributed by atoms with van der Waals surface area (Å²) in [6.45, 7) is 7.36. The summed E-state index contributed by atoms with van der Waals surface area (Å²) < 4.78 is 10.9. The van der Waals surface area contributed by atoms with Crippen LogP contribution in [-0.4, -0.2) is 55.9 Å². The van der Waals surface area contributed by atoms with Crippen molar-refractivity contribution in [3.05, 3.63) is 0 Å². The van der Waals surface area contributed by atoms with Gasteiger partial charge in [-0.15, -0.1) is 0 Å². The smallest absolute Gasteiger partial charge is 0.239 e. The molecule has 0 spiro atoms. The molecule has 106 valence electrons. The van der Waals surface area contributed by atoms with Crippen molar-refractivity contribution < 1.29 is 14.3 Å². The predicted octanol–water partition coefficient (Wildman–Crippen LogP) is 0.768. The first-order valence-corrected chi connectivity index (χ1v) is 6.92. The Balaban J connectivity index is 2.21. The Hall–Kier alpha value is -0.650. The molecule has 0 aromatic heterocycles. The Morgan fingerprint density at radius 1 is 1.44 bits per heavy atom. The molecule has 2 N–H and O–H groups in total. The van der Waals surface area contributed by atoms with Gasteiger partial charge in [-0.25, -0.2) is 0 Å². The Bertz CT molecular complexity index is 248. The number of hydrogen-bond donors (Lipinski definition) is 1. The second-order valence-electron chi connectivity index (χ2n) is 4.66. The fourth-order valence-corrected chi connectivity index (χ4v) is 2.15. The first-order valence-electron chi connectivity index (χ1n) is 6.92. The van der Waals surface area contributed by atoms with Gasteiger partial charge in [-0.2, -0.15) is 0 Å². The van der Waals surface area contributed by atoms with Gasteiger partial charge < -0.3 is 20.1 Å². The van der Waals surface area contributed by atoms with Gasteiger partial charge in [-0.3, -0.25) is 4.79 Å². The van der Waals surface area contributed by atoms with Crippen LogP contribution in [0.1, 0.15) is 33.1 Å². The average molecular weight is 258 g/mol. The fourth-order valence-electron chi connectivity index (χ4n) is 2.15. The van der Waals surface area contributed by atoms with Crippen molar-refractivity contribution in [3.63, 3.8) is 0 Å². The van der Waals surface area contributed by atoms with Gasteiger partial charge in [-0.05, 0) is 19.8 Å². The number of nitrogens with two attached hydrogens (primary N) is 1. The molecule has 0 saturated carbocycles. The van der Waals surface area contributed by atoms with Crippen LogP contribution in [0.4, 0.5) is 0 Å². The number of likely N-dealkylation sites (tertiary alicyclic amines) is 1. The first-order chi connectivity index (χ1) is 8.69. The molecule has 5 heteroatoms. The molecule has 0 aromatic rings. The Labute approximate surface area is 110 Å². The Morgan fingerprint density at radius 2 is 2.22 bits per heavy atom. The summed E-state index contributed by atoms with van der Waals surface area (Å²) in [6, 6.07) is -0.350. The van der Waals surface area contributed by atoms with Gasteiger partial charge in [0, 0.05) is 19.7 Å². The standard InChI is InChI=1S/C13H26N2O3/c1-3-5-12(14)13(16)15-7-6-11(10-15)18-9-8-17-4-2/h11-12H,3-10,14H2,1-2H3/t11-,12?/m0/s1. The van der Waals surface area contributed by atoms with Crippen molar-refractivity contribution in [2.45, 2.75) is 45.3 Å². The molecule has 0 aliphatic carbocycles. The van der Waals surface area contributed by atoms with Gasteiger partial charge in [0.1, 0.15) is 0 Å². The number of carbonyl (C=O) groups is 1. The van der Waals surface area contributed by atoms with Crippen molar-refractivity contribution >= 4 is 5.91 Å². The van der Waals surface area contributed by atoms with E-state index in [1.807, 2.05) is 18.7 Å². The van der Waals surface area contributed by atoms with E-state index in [2.05, 4.69) is 0 Å². The van der Waals surface area contributed by atoms with E-state index in [0.29, 0.717) is 26.4 Å². The summed E-state index contributed by atoms with van der Waals surface area (Å²) in [5, 5.41) is 0. The molecule has 1 aliphatic rings. The summed E-state index contributed by atoms with van der Waals surface area (Å²) in [5.74, 6) is 0.0627. The van der Waals surface area contributed by atoms with Crippen LogP contribution < -0.4 is 5.73 Å². The lowest BCUT2D eigenvalue weighted by Gasteiger charge is -2.20. The fraction of sp³-hybridized carbons (Fsp3) is 0.923. The molecule has 1 heterocycles. The lowest BCUT2D eigenvalue weighted by atomic mass is 10.1. The first kappa shape index (κ1) is 15.4. The van der Waals surface area contributed by atoms with Crippen LogP contribution in [0.3, 0.4) is 0 Å². The Morgan fingerprint density at radius 3 is 2.89 bits per heavy atom. The normalized spacial score (nSPS) is 21.3. The number of nitrogens with zero attached hydrogens (tertiary/aromatic N) is 1. The van der Waals surface area contributed by atoms with Crippen LogP contribution in [0.5, 0.6) is 0 Å². The van der Waals surface area contributed by atoms with E-state index in [0.717, 1.165) is 25.8 Å². The van der Waals surface area contributed by atoms with Crippen LogP contribution in [0, 0.1) is 0 Å². The maximum atomic E-state index is 12.0. The van der Waals surface area contributed by atoms with E-state index >= 15 is 0 Å². The van der Waals surface area contributed by atoms with Crippen molar-refractivity contribution in [2.75, 3.05) is 32.9 Å². The molecular weight excluding hydrogens is 232 g/mol. The second kappa shape index (κ2) is 8.45. The van der Waals surface area contributed by atoms with E-state index in [4.69, 9.17) is 15.2 Å². The van der Waals surface area contributed by atoms with Crippen LogP contribution in [0.25, 0.3) is 0 Å². The van der Waals surface area contributed by atoms with Crippen LogP contribution in [-0.2, 0) is 14.3 Å². The zero-order valence-electron chi connectivity index (χ0n) is 11.6. The van der Waals surface area contributed by atoms with E-state index < -0.39 is 0 Å². The summed E-state index contributed by atoms with van der Waals surface area (Å²) in [5.41, 5.74) is 5.84. The predicted molar refractivity (Wildman–Crippen MR) is 70.3 cm³/mol. The second-order valence-corrected chi connectivity index (χ2v) is 4.66. The van der Waals surface area contributed by atoms with E-state index in [-0.39, 0.29) is 18.1 Å². The number of hydrogen-bond acceptors (Lipinski definition) is 4. The topological polar surface area (TPSA) is 64.8 Å². The molecule has 1 amide bonds. The number of amides is 1. The van der Waals surface area contributed by atoms with Gasteiger partial charge in [0.05, 0.1) is 25.4 Å². The van der Waals surface area contributed by atoms with Crippen molar-refractivity contribution in [3.8, 4) is 0 Å². The van der Waals surface area contributed by atoms with Gasteiger partial charge in [0.15, 0.2) is 0 Å². The molecule has 5 nitrogen and oxygen atoms in total. The molecule has 1 saturated heterocycles. The van der Waals surface area contributed by atoms with Crippen molar-refractivity contribution in [1.82, 2.24) is 4.90 Å². The minimum absolute atomic E-state index is 0.0627. The van der Waals surface area contributed by atoms with E-state index in [9.17, 15) is 4.79 Å². The lowest BCUT2D eigenvalue weighted by Crippen LogP contribution is -2.43. The molecule has 1 unspecified atom stereocenters. The van der Waals surface area contributed by atoms with Crippen LogP contribution in [0.15, 0.2) is 0 Å². The molecule has 0 radical (unpaired) electrons. The monoisotopic (exact) mass is 258 g/mol. The molecular formula is C13H26N2O3. The third kappa shape index (κ3) is 4.92. The maximum Gasteiger partial charge on any atom is 0.239 e. The average Bonchev–Trinajstić information content (AvgIpc) is 2.83. The van der Waals surface area contributed by atoms with Gasteiger partial charge in [-0.1, -0.05) is 13.3 Å².